The quantitative estimate of drug-likeness (QED) is 0.611. The van der Waals surface area contributed by atoms with Crippen LogP contribution in [-0.4, -0.2) is 32.8 Å². The minimum atomic E-state index is -0.554. The van der Waals surface area contributed by atoms with Crippen LogP contribution in [0.4, 0.5) is 0 Å². The number of hydrogen-bond acceptors (Lipinski definition) is 4. The van der Waals surface area contributed by atoms with Crippen LogP contribution >= 0.6 is 0 Å². The number of carbonyl (C=O) groups is 1. The van der Waals surface area contributed by atoms with Gasteiger partial charge in [-0.25, -0.2) is 10.0 Å². The number of pyridine rings is 1. The Balaban J connectivity index is 2.64. The van der Waals surface area contributed by atoms with Crippen molar-refractivity contribution in [2.75, 3.05) is 6.54 Å². The lowest BCUT2D eigenvalue weighted by atomic mass is 10.1. The molecular formula is C12H12N2O3. The molecular weight excluding hydrogens is 220 g/mol. The number of para-hydroxylation sites is 1. The highest BCUT2D eigenvalue weighted by molar-refractivity contribution is 6.05. The second-order valence-corrected chi connectivity index (χ2v) is 3.57. The highest BCUT2D eigenvalue weighted by atomic mass is 16.5. The Morgan fingerprint density at radius 3 is 2.82 bits per heavy atom. The van der Waals surface area contributed by atoms with Gasteiger partial charge in [0.2, 0.25) is 5.88 Å². The summed E-state index contributed by atoms with van der Waals surface area (Å²) in [5.74, 6) is -0.794. The summed E-state index contributed by atoms with van der Waals surface area (Å²) in [6.45, 7) is 1.83. The molecule has 5 heteroatoms. The molecule has 0 unspecified atom stereocenters. The number of nitrogens with zero attached hydrogens (tertiary/aromatic N) is 2. The minimum Gasteiger partial charge on any atom is -0.493 e. The van der Waals surface area contributed by atoms with Gasteiger partial charge in [-0.15, -0.1) is 0 Å². The van der Waals surface area contributed by atoms with Crippen LogP contribution in [0.15, 0.2) is 30.3 Å². The van der Waals surface area contributed by atoms with Crippen molar-refractivity contribution < 1.29 is 15.1 Å². The van der Waals surface area contributed by atoms with E-state index in [4.69, 9.17) is 0 Å². The largest absolute Gasteiger partial charge is 0.493 e. The van der Waals surface area contributed by atoms with Crippen LogP contribution in [-0.2, 0) is 0 Å². The van der Waals surface area contributed by atoms with Crippen LogP contribution in [0, 0.1) is 0 Å². The zero-order chi connectivity index (χ0) is 12.4. The lowest BCUT2D eigenvalue weighted by Crippen LogP contribution is -2.27. The molecule has 0 radical (unpaired) electrons. The van der Waals surface area contributed by atoms with Crippen molar-refractivity contribution in [2.24, 2.45) is 0 Å². The summed E-state index contributed by atoms with van der Waals surface area (Å²) in [5, 5.41) is 20.1. The Morgan fingerprint density at radius 2 is 2.12 bits per heavy atom. The number of aromatic hydroxyl groups is 1. The molecule has 17 heavy (non-hydrogen) atoms. The van der Waals surface area contributed by atoms with Gasteiger partial charge in [0.05, 0.1) is 11.1 Å². The molecule has 2 N–H and O–H groups in total. The van der Waals surface area contributed by atoms with Crippen LogP contribution in [0.25, 0.3) is 10.9 Å². The lowest BCUT2D eigenvalue weighted by molar-refractivity contribution is -0.0540. The van der Waals surface area contributed by atoms with E-state index < -0.39 is 5.91 Å². The zero-order valence-corrected chi connectivity index (χ0v) is 9.29. The SMILES string of the molecule is CCN(O)C(=O)c1cc(O)nc2ccccc12. The minimum absolute atomic E-state index is 0.177. The van der Waals surface area contributed by atoms with Crippen LogP contribution in [0.1, 0.15) is 17.3 Å². The fraction of sp³-hybridized carbons (Fsp3) is 0.167. The predicted octanol–water partition coefficient (Wildman–Crippen LogP) is 1.79. The summed E-state index contributed by atoms with van der Waals surface area (Å²) in [6, 6.07) is 8.20. The first kappa shape index (κ1) is 11.3. The molecule has 2 aromatic rings. The molecule has 0 saturated heterocycles. The first-order chi connectivity index (χ1) is 8.13. The molecule has 0 atom stereocenters. The highest BCUT2D eigenvalue weighted by Crippen LogP contribution is 2.22. The molecule has 0 fully saturated rings. The summed E-state index contributed by atoms with van der Waals surface area (Å²) in [7, 11) is 0. The van der Waals surface area contributed by atoms with E-state index in [0.717, 1.165) is 0 Å². The van der Waals surface area contributed by atoms with Crippen molar-refractivity contribution in [1.29, 1.82) is 0 Å². The molecule has 0 bridgehead atoms. The first-order valence-corrected chi connectivity index (χ1v) is 5.23. The maximum absolute atomic E-state index is 11.9. The second-order valence-electron chi connectivity index (χ2n) is 3.57. The van der Waals surface area contributed by atoms with Crippen LogP contribution in [0.3, 0.4) is 0 Å². The summed E-state index contributed by atoms with van der Waals surface area (Å²) in [6.07, 6.45) is 0. The fourth-order valence-corrected chi connectivity index (χ4v) is 1.62. The Kier molecular flexibility index (Phi) is 2.93. The van der Waals surface area contributed by atoms with Crippen molar-refractivity contribution in [3.63, 3.8) is 0 Å². The number of carbonyl (C=O) groups excluding carboxylic acids is 1. The van der Waals surface area contributed by atoms with Gasteiger partial charge in [0, 0.05) is 18.0 Å². The van der Waals surface area contributed by atoms with Gasteiger partial charge < -0.3 is 5.11 Å². The van der Waals surface area contributed by atoms with Crippen molar-refractivity contribution in [2.45, 2.75) is 6.92 Å². The van der Waals surface area contributed by atoms with Gasteiger partial charge in [0.1, 0.15) is 0 Å². The zero-order valence-electron chi connectivity index (χ0n) is 9.29. The number of hydroxylamine groups is 2. The molecule has 0 aliphatic carbocycles. The Labute approximate surface area is 97.9 Å². The van der Waals surface area contributed by atoms with Crippen molar-refractivity contribution in [3.8, 4) is 5.88 Å². The average molecular weight is 232 g/mol. The van der Waals surface area contributed by atoms with E-state index in [9.17, 15) is 15.1 Å². The summed E-state index contributed by atoms with van der Waals surface area (Å²) in [4.78, 5) is 15.8. The maximum atomic E-state index is 11.9. The van der Waals surface area contributed by atoms with E-state index in [0.29, 0.717) is 16.0 Å². The number of benzene rings is 1. The van der Waals surface area contributed by atoms with Gasteiger partial charge in [0.25, 0.3) is 5.91 Å². The highest BCUT2D eigenvalue weighted by Gasteiger charge is 2.16. The third-order valence-electron chi connectivity index (χ3n) is 2.47. The fourth-order valence-electron chi connectivity index (χ4n) is 1.62. The Morgan fingerprint density at radius 1 is 1.41 bits per heavy atom. The third-order valence-corrected chi connectivity index (χ3v) is 2.47. The molecule has 88 valence electrons. The molecule has 0 aliphatic heterocycles. The standard InChI is InChI=1S/C12H12N2O3/c1-2-14(17)12(16)9-7-11(15)13-10-6-4-3-5-8(9)10/h3-7,17H,2H2,1H3,(H,13,15). The molecule has 2 rings (SSSR count). The molecule has 5 nitrogen and oxygen atoms in total. The average Bonchev–Trinajstić information content (AvgIpc) is 2.35. The first-order valence-electron chi connectivity index (χ1n) is 5.23. The van der Waals surface area contributed by atoms with Gasteiger partial charge in [-0.2, -0.15) is 0 Å². The lowest BCUT2D eigenvalue weighted by Gasteiger charge is -2.13. The predicted molar refractivity (Wildman–Crippen MR) is 61.9 cm³/mol. The smallest absolute Gasteiger partial charge is 0.278 e. The molecule has 1 heterocycles. The third kappa shape index (κ3) is 2.05. The molecule has 1 aromatic heterocycles. The van der Waals surface area contributed by atoms with E-state index in [-0.39, 0.29) is 18.0 Å². The second kappa shape index (κ2) is 4.39. The van der Waals surface area contributed by atoms with Crippen molar-refractivity contribution in [3.05, 3.63) is 35.9 Å². The van der Waals surface area contributed by atoms with Gasteiger partial charge in [-0.1, -0.05) is 18.2 Å². The van der Waals surface area contributed by atoms with Gasteiger partial charge in [-0.05, 0) is 13.0 Å². The number of fused-ring (bicyclic) bond motifs is 1. The van der Waals surface area contributed by atoms with E-state index in [1.807, 2.05) is 0 Å². The van der Waals surface area contributed by atoms with Gasteiger partial charge in [0.15, 0.2) is 0 Å². The summed E-state index contributed by atoms with van der Waals surface area (Å²) >= 11 is 0. The van der Waals surface area contributed by atoms with Crippen molar-refractivity contribution >= 4 is 16.8 Å². The van der Waals surface area contributed by atoms with Crippen LogP contribution in [0.2, 0.25) is 0 Å². The Hall–Kier alpha value is -2.14. The number of hydrogen-bond donors (Lipinski definition) is 2. The topological polar surface area (TPSA) is 73.7 Å². The monoisotopic (exact) mass is 232 g/mol. The summed E-state index contributed by atoms with van der Waals surface area (Å²) < 4.78 is 0. The number of amides is 1. The molecule has 0 spiro atoms. The number of rotatable bonds is 2. The van der Waals surface area contributed by atoms with Crippen LogP contribution in [0.5, 0.6) is 5.88 Å². The summed E-state index contributed by atoms with van der Waals surface area (Å²) in [5.41, 5.74) is 0.748. The van der Waals surface area contributed by atoms with E-state index in [1.165, 1.54) is 6.07 Å². The van der Waals surface area contributed by atoms with Crippen LogP contribution < -0.4 is 0 Å². The maximum Gasteiger partial charge on any atom is 0.278 e. The van der Waals surface area contributed by atoms with Gasteiger partial charge in [-0.3, -0.25) is 10.0 Å². The van der Waals surface area contributed by atoms with Gasteiger partial charge >= 0.3 is 0 Å². The molecule has 1 amide bonds. The van der Waals surface area contributed by atoms with E-state index >= 15 is 0 Å². The van der Waals surface area contributed by atoms with Crippen molar-refractivity contribution in [1.82, 2.24) is 10.0 Å². The number of aromatic nitrogens is 1. The normalized spacial score (nSPS) is 10.5. The van der Waals surface area contributed by atoms with E-state index in [1.54, 1.807) is 31.2 Å². The Bertz CT molecular complexity index is 569. The molecule has 0 saturated carbocycles. The molecule has 0 aliphatic rings. The molecule has 1 aromatic carbocycles. The van der Waals surface area contributed by atoms with E-state index in [2.05, 4.69) is 4.98 Å².